The summed E-state index contributed by atoms with van der Waals surface area (Å²) in [6.07, 6.45) is 6.07. The third-order valence-electron chi connectivity index (χ3n) is 4.99. The Labute approximate surface area is 153 Å². The number of aryl methyl sites for hydroxylation is 1. The Morgan fingerprint density at radius 2 is 1.88 bits per heavy atom. The second-order valence-electron chi connectivity index (χ2n) is 6.93. The van der Waals surface area contributed by atoms with E-state index in [1.807, 2.05) is 23.9 Å². The first-order valence-corrected chi connectivity index (χ1v) is 10.1. The molecule has 0 aliphatic carbocycles. The van der Waals surface area contributed by atoms with Crippen molar-refractivity contribution in [2.24, 2.45) is 0 Å². The molecule has 136 valence electrons. The number of fused-ring (bicyclic) bond motifs is 1. The van der Waals surface area contributed by atoms with Crippen molar-refractivity contribution in [2.45, 2.75) is 62.3 Å². The molecule has 1 unspecified atom stereocenters. The van der Waals surface area contributed by atoms with Gasteiger partial charge >= 0.3 is 6.03 Å². The zero-order chi connectivity index (χ0) is 17.6. The number of unbranched alkanes of at least 4 members (excludes halogenated alkanes) is 1. The van der Waals surface area contributed by atoms with Crippen molar-refractivity contribution < 1.29 is 14.7 Å². The quantitative estimate of drug-likeness (QED) is 0.466. The summed E-state index contributed by atoms with van der Waals surface area (Å²) < 4.78 is 0. The van der Waals surface area contributed by atoms with E-state index in [9.17, 15) is 14.7 Å². The molecule has 2 fully saturated rings. The van der Waals surface area contributed by atoms with Crippen molar-refractivity contribution >= 4 is 23.6 Å². The van der Waals surface area contributed by atoms with Gasteiger partial charge in [0.1, 0.15) is 11.5 Å². The van der Waals surface area contributed by atoms with Gasteiger partial charge in [-0.2, -0.15) is 11.8 Å². The van der Waals surface area contributed by atoms with E-state index < -0.39 is 0 Å². The fourth-order valence-corrected chi connectivity index (χ4v) is 5.13. The number of thioether (sulfide) groups is 1. The lowest BCUT2D eigenvalue weighted by Crippen LogP contribution is -2.36. The van der Waals surface area contributed by atoms with Gasteiger partial charge in [0.2, 0.25) is 0 Å². The molecule has 0 bridgehead atoms. The van der Waals surface area contributed by atoms with Crippen LogP contribution in [0.3, 0.4) is 0 Å². The van der Waals surface area contributed by atoms with Crippen LogP contribution in [0.4, 0.5) is 4.79 Å². The Bertz CT molecular complexity index is 605. The number of urea groups is 1. The Morgan fingerprint density at radius 3 is 2.68 bits per heavy atom. The van der Waals surface area contributed by atoms with Crippen molar-refractivity contribution in [3.8, 4) is 5.75 Å². The van der Waals surface area contributed by atoms with E-state index in [0.29, 0.717) is 23.9 Å². The number of rotatable bonds is 9. The molecular formula is C19H26N2O3S. The van der Waals surface area contributed by atoms with Gasteiger partial charge in [0, 0.05) is 23.8 Å². The predicted octanol–water partition coefficient (Wildman–Crippen LogP) is 3.01. The molecule has 2 aliphatic heterocycles. The van der Waals surface area contributed by atoms with Gasteiger partial charge in [-0.3, -0.25) is 4.79 Å². The van der Waals surface area contributed by atoms with Gasteiger partial charge in [0.05, 0.1) is 12.1 Å². The largest absolute Gasteiger partial charge is 0.508 e. The third-order valence-corrected chi connectivity index (χ3v) is 6.50. The van der Waals surface area contributed by atoms with E-state index in [4.69, 9.17) is 0 Å². The second kappa shape index (κ2) is 8.61. The van der Waals surface area contributed by atoms with Crippen molar-refractivity contribution in [1.29, 1.82) is 0 Å². The summed E-state index contributed by atoms with van der Waals surface area (Å²) >= 11 is 1.93. The molecule has 2 amide bonds. The number of ketones is 1. The first-order valence-electron chi connectivity index (χ1n) is 9.10. The normalized spacial score (nSPS) is 24.6. The van der Waals surface area contributed by atoms with Crippen LogP contribution in [0.2, 0.25) is 0 Å². The van der Waals surface area contributed by atoms with Crippen LogP contribution in [0.25, 0.3) is 0 Å². The lowest BCUT2D eigenvalue weighted by atomic mass is 10.0. The first-order chi connectivity index (χ1) is 12.1. The average molecular weight is 362 g/mol. The fourth-order valence-electron chi connectivity index (χ4n) is 3.59. The van der Waals surface area contributed by atoms with Crippen LogP contribution < -0.4 is 10.6 Å². The van der Waals surface area contributed by atoms with Crippen LogP contribution >= 0.6 is 11.8 Å². The molecule has 1 aromatic rings. The molecule has 1 aromatic carbocycles. The molecule has 25 heavy (non-hydrogen) atoms. The average Bonchev–Trinajstić information content (AvgIpc) is 3.13. The first kappa shape index (κ1) is 18.1. The summed E-state index contributed by atoms with van der Waals surface area (Å²) in [5.41, 5.74) is 1.16. The molecule has 0 radical (unpaired) electrons. The maximum absolute atomic E-state index is 12.0. The number of aromatic hydroxyl groups is 1. The summed E-state index contributed by atoms with van der Waals surface area (Å²) in [6, 6.07) is 7.69. The summed E-state index contributed by atoms with van der Waals surface area (Å²) in [5, 5.41) is 15.7. The minimum Gasteiger partial charge on any atom is -0.508 e. The Kier molecular flexibility index (Phi) is 6.24. The smallest absolute Gasteiger partial charge is 0.315 e. The monoisotopic (exact) mass is 362 g/mol. The molecule has 0 aromatic heterocycles. The van der Waals surface area contributed by atoms with Crippen LogP contribution in [-0.4, -0.2) is 40.0 Å². The zero-order valence-electron chi connectivity index (χ0n) is 14.4. The molecule has 0 saturated carbocycles. The lowest BCUT2D eigenvalue weighted by molar-refractivity contribution is -0.119. The molecule has 3 N–H and O–H groups in total. The Hall–Kier alpha value is -1.69. The zero-order valence-corrected chi connectivity index (χ0v) is 15.2. The summed E-state index contributed by atoms with van der Waals surface area (Å²) in [7, 11) is 0. The molecule has 2 heterocycles. The van der Waals surface area contributed by atoms with Crippen molar-refractivity contribution in [3.63, 3.8) is 0 Å². The predicted molar refractivity (Wildman–Crippen MR) is 100 cm³/mol. The van der Waals surface area contributed by atoms with Gasteiger partial charge in [0.25, 0.3) is 0 Å². The van der Waals surface area contributed by atoms with Crippen LogP contribution in [-0.2, 0) is 11.2 Å². The number of phenols is 1. The molecular weight excluding hydrogens is 336 g/mol. The Morgan fingerprint density at radius 1 is 1.12 bits per heavy atom. The summed E-state index contributed by atoms with van der Waals surface area (Å²) in [5.74, 6) is 1.61. The number of amides is 2. The highest BCUT2D eigenvalue weighted by atomic mass is 32.2. The van der Waals surface area contributed by atoms with E-state index in [1.54, 1.807) is 12.1 Å². The molecule has 3 atom stereocenters. The number of carbonyl (C=O) groups excluding carboxylic acids is 2. The highest BCUT2D eigenvalue weighted by Gasteiger charge is 2.42. The topological polar surface area (TPSA) is 78.4 Å². The van der Waals surface area contributed by atoms with E-state index >= 15 is 0 Å². The molecule has 2 saturated heterocycles. The van der Waals surface area contributed by atoms with Crippen molar-refractivity contribution in [2.75, 3.05) is 5.75 Å². The number of benzene rings is 1. The number of hydrogen-bond acceptors (Lipinski definition) is 4. The van der Waals surface area contributed by atoms with Crippen LogP contribution in [0, 0.1) is 0 Å². The number of carbonyl (C=O) groups is 2. The molecule has 0 spiro atoms. The molecule has 2 aliphatic rings. The van der Waals surface area contributed by atoms with E-state index in [-0.39, 0.29) is 23.9 Å². The van der Waals surface area contributed by atoms with Crippen molar-refractivity contribution in [3.05, 3.63) is 29.8 Å². The van der Waals surface area contributed by atoms with E-state index in [1.165, 1.54) is 0 Å². The Balaban J connectivity index is 1.26. The second-order valence-corrected chi connectivity index (χ2v) is 8.20. The number of phenolic OH excluding ortho intramolecular Hbond substituents is 1. The van der Waals surface area contributed by atoms with E-state index in [2.05, 4.69) is 10.6 Å². The maximum atomic E-state index is 12.0. The molecule has 6 heteroatoms. The lowest BCUT2D eigenvalue weighted by Gasteiger charge is -2.16. The fraction of sp³-hybridized carbons (Fsp3) is 0.579. The van der Waals surface area contributed by atoms with Gasteiger partial charge in [-0.15, -0.1) is 0 Å². The van der Waals surface area contributed by atoms with Crippen LogP contribution in [0.1, 0.15) is 44.1 Å². The summed E-state index contributed by atoms with van der Waals surface area (Å²) in [6.45, 7) is 0. The van der Waals surface area contributed by atoms with Gasteiger partial charge < -0.3 is 15.7 Å². The minimum absolute atomic E-state index is 0.0379. The van der Waals surface area contributed by atoms with Crippen LogP contribution in [0.5, 0.6) is 5.75 Å². The van der Waals surface area contributed by atoms with Gasteiger partial charge in [-0.25, -0.2) is 4.79 Å². The molecule has 3 rings (SSSR count). The third kappa shape index (κ3) is 5.14. The highest BCUT2D eigenvalue weighted by Crippen LogP contribution is 2.33. The minimum atomic E-state index is -0.0379. The van der Waals surface area contributed by atoms with Crippen molar-refractivity contribution in [1.82, 2.24) is 10.6 Å². The number of Topliss-reactive ketones (excluding diaryl/α,β-unsaturated/α-hetero) is 1. The number of nitrogens with one attached hydrogen (secondary N) is 2. The summed E-state index contributed by atoms with van der Waals surface area (Å²) in [4.78, 5) is 23.3. The SMILES string of the molecule is O=C(CCCCC1SC[C@@H]2NC(=O)N[C@H]12)CCCc1ccc(O)cc1. The van der Waals surface area contributed by atoms with Gasteiger partial charge in [-0.05, 0) is 43.4 Å². The maximum Gasteiger partial charge on any atom is 0.315 e. The van der Waals surface area contributed by atoms with Gasteiger partial charge in [-0.1, -0.05) is 18.6 Å². The molecule has 5 nitrogen and oxygen atoms in total. The standard InChI is InChI=1S/C19H26N2O3S/c22-14(6-3-4-13-8-10-15(23)11-9-13)5-1-2-7-17-18-16(12-25-17)20-19(24)21-18/h8-11,16-18,23H,1-7,12H2,(H2,20,21,24)/t16-,17?,18-/m0/s1. The van der Waals surface area contributed by atoms with Crippen LogP contribution in [0.15, 0.2) is 24.3 Å². The number of hydrogen-bond donors (Lipinski definition) is 3. The van der Waals surface area contributed by atoms with E-state index in [0.717, 1.165) is 43.4 Å². The van der Waals surface area contributed by atoms with Gasteiger partial charge in [0.15, 0.2) is 0 Å². The highest BCUT2D eigenvalue weighted by molar-refractivity contribution is 8.00.